The molecule has 100 valence electrons. The molecule has 2 rings (SSSR count). The Balaban J connectivity index is 2.83. The van der Waals surface area contributed by atoms with Crippen LogP contribution in [-0.2, 0) is 0 Å². The number of aromatic nitrogens is 1. The number of rotatable bonds is 1. The van der Waals surface area contributed by atoms with Crippen LogP contribution >= 0.6 is 92.2 Å². The molecule has 1 nitrogen and oxygen atoms in total. The molecule has 0 spiro atoms. The van der Waals surface area contributed by atoms with E-state index in [1.807, 2.05) is 0 Å². The van der Waals surface area contributed by atoms with Crippen LogP contribution in [-0.4, -0.2) is 4.98 Å². The third-order valence-electron chi connectivity index (χ3n) is 2.25. The molecule has 0 aliphatic carbocycles. The normalized spacial score (nSPS) is 10.9. The van der Waals surface area contributed by atoms with Crippen molar-refractivity contribution in [1.82, 2.24) is 4.98 Å². The van der Waals surface area contributed by atoms with Crippen molar-refractivity contribution in [3.05, 3.63) is 46.0 Å². The molecule has 0 bridgehead atoms. The minimum absolute atomic E-state index is 0.101. The van der Waals surface area contributed by atoms with E-state index in [0.29, 0.717) is 16.3 Å². The van der Waals surface area contributed by atoms with Crippen LogP contribution in [0.4, 0.5) is 0 Å². The Morgan fingerprint density at radius 1 is 0.789 bits per heavy atom. The molecule has 1 aromatic heterocycles. The smallest absolute Gasteiger partial charge is 0.0920 e. The first-order valence-electron chi connectivity index (χ1n) is 4.67. The van der Waals surface area contributed by atoms with Crippen LogP contribution < -0.4 is 0 Å². The summed E-state index contributed by atoms with van der Waals surface area (Å²) in [6.45, 7) is 0. The van der Waals surface area contributed by atoms with Gasteiger partial charge in [0.1, 0.15) is 0 Å². The van der Waals surface area contributed by atoms with Crippen molar-refractivity contribution in [3.8, 4) is 11.3 Å². The number of pyridine rings is 1. The van der Waals surface area contributed by atoms with Crippen molar-refractivity contribution < 1.29 is 0 Å². The van der Waals surface area contributed by atoms with Crippen LogP contribution in [0, 0.1) is 3.57 Å². The van der Waals surface area contributed by atoms with E-state index >= 15 is 0 Å². The largest absolute Gasteiger partial charge is 0.253 e. The molecule has 1 aromatic carbocycles. The van der Waals surface area contributed by atoms with Crippen molar-refractivity contribution in [2.75, 3.05) is 0 Å². The van der Waals surface area contributed by atoms with Crippen LogP contribution in [0.3, 0.4) is 0 Å². The second-order valence-electron chi connectivity index (χ2n) is 3.43. The molecule has 0 N–H and O–H groups in total. The Labute approximate surface area is 153 Å². The molecular weight excluding hydrogens is 486 g/mol. The Bertz CT molecular complexity index is 644. The lowest BCUT2D eigenvalue weighted by atomic mass is 10.1. The monoisotopic (exact) mass is 485 g/mol. The van der Waals surface area contributed by atoms with Gasteiger partial charge in [-0.3, -0.25) is 4.98 Å². The maximum atomic E-state index is 6.16. The van der Waals surface area contributed by atoms with Gasteiger partial charge in [0, 0.05) is 15.3 Å². The van der Waals surface area contributed by atoms with E-state index in [9.17, 15) is 0 Å². The standard InChI is InChI=1S/C11H2Cl6IN/c12-4-1-3(18)2-19-11(4)5-6(13)8(15)10(17)9(16)7(5)14/h1-2H. The lowest BCUT2D eigenvalue weighted by molar-refractivity contribution is 1.31. The second-order valence-corrected chi connectivity index (χ2v) is 6.97. The molecule has 0 unspecified atom stereocenters. The first kappa shape index (κ1) is 16.2. The Morgan fingerprint density at radius 3 is 1.74 bits per heavy atom. The highest BCUT2D eigenvalue weighted by atomic mass is 127. The van der Waals surface area contributed by atoms with E-state index in [4.69, 9.17) is 69.6 Å². The number of benzene rings is 1. The molecule has 0 saturated heterocycles. The third-order valence-corrected chi connectivity index (χ3v) is 5.41. The van der Waals surface area contributed by atoms with E-state index < -0.39 is 0 Å². The lowest BCUT2D eigenvalue weighted by Crippen LogP contribution is -1.91. The van der Waals surface area contributed by atoms with E-state index in [0.717, 1.165) is 3.57 Å². The Kier molecular flexibility index (Phi) is 5.38. The summed E-state index contributed by atoms with van der Waals surface area (Å²) in [6, 6.07) is 1.73. The second kappa shape index (κ2) is 6.30. The number of hydrogen-bond donors (Lipinski definition) is 0. The van der Waals surface area contributed by atoms with Crippen LogP contribution in [0.25, 0.3) is 11.3 Å². The molecule has 0 amide bonds. The highest BCUT2D eigenvalue weighted by Crippen LogP contribution is 2.48. The zero-order chi connectivity index (χ0) is 14.3. The Hall–Kier alpha value is 0.840. The van der Waals surface area contributed by atoms with Crippen molar-refractivity contribution in [1.29, 1.82) is 0 Å². The predicted molar refractivity (Wildman–Crippen MR) is 92.5 cm³/mol. The average molecular weight is 488 g/mol. The molecule has 0 aliphatic rings. The van der Waals surface area contributed by atoms with E-state index in [1.54, 1.807) is 12.3 Å². The van der Waals surface area contributed by atoms with Gasteiger partial charge in [0.15, 0.2) is 0 Å². The summed E-state index contributed by atoms with van der Waals surface area (Å²) in [4.78, 5) is 4.21. The first-order valence-corrected chi connectivity index (χ1v) is 8.02. The van der Waals surface area contributed by atoms with Crippen molar-refractivity contribution in [3.63, 3.8) is 0 Å². The van der Waals surface area contributed by atoms with Gasteiger partial charge in [0.05, 0.1) is 35.8 Å². The van der Waals surface area contributed by atoms with Crippen LogP contribution in [0.2, 0.25) is 30.1 Å². The molecule has 2 aromatic rings. The van der Waals surface area contributed by atoms with Gasteiger partial charge >= 0.3 is 0 Å². The lowest BCUT2D eigenvalue weighted by Gasteiger charge is -2.13. The highest BCUT2D eigenvalue weighted by molar-refractivity contribution is 14.1. The molecule has 0 fully saturated rings. The molecule has 1 heterocycles. The summed E-state index contributed by atoms with van der Waals surface area (Å²) < 4.78 is 0.879. The van der Waals surface area contributed by atoms with Gasteiger partial charge in [-0.15, -0.1) is 0 Å². The van der Waals surface area contributed by atoms with E-state index in [1.165, 1.54) is 0 Å². The van der Waals surface area contributed by atoms with Crippen molar-refractivity contribution in [2.45, 2.75) is 0 Å². The van der Waals surface area contributed by atoms with Gasteiger partial charge in [0.2, 0.25) is 0 Å². The summed E-state index contributed by atoms with van der Waals surface area (Å²) in [5.41, 5.74) is 0.765. The number of nitrogens with zero attached hydrogens (tertiary/aromatic N) is 1. The minimum Gasteiger partial charge on any atom is -0.253 e. The van der Waals surface area contributed by atoms with Gasteiger partial charge in [-0.05, 0) is 28.7 Å². The van der Waals surface area contributed by atoms with Gasteiger partial charge in [-0.2, -0.15) is 0 Å². The molecule has 8 heteroatoms. The predicted octanol–water partition coefficient (Wildman–Crippen LogP) is 7.27. The van der Waals surface area contributed by atoms with Gasteiger partial charge < -0.3 is 0 Å². The molecule has 0 aliphatic heterocycles. The van der Waals surface area contributed by atoms with Crippen LogP contribution in [0.5, 0.6) is 0 Å². The summed E-state index contributed by atoms with van der Waals surface area (Å²) in [7, 11) is 0. The van der Waals surface area contributed by atoms with E-state index in [2.05, 4.69) is 27.6 Å². The topological polar surface area (TPSA) is 12.9 Å². The van der Waals surface area contributed by atoms with E-state index in [-0.39, 0.29) is 25.1 Å². The highest BCUT2D eigenvalue weighted by Gasteiger charge is 2.22. The van der Waals surface area contributed by atoms with Crippen LogP contribution in [0.1, 0.15) is 0 Å². The quantitative estimate of drug-likeness (QED) is 0.234. The summed E-state index contributed by atoms with van der Waals surface area (Å²) in [5, 5.41) is 1.05. The fourth-order valence-corrected chi connectivity index (χ4v) is 3.62. The molecule has 19 heavy (non-hydrogen) atoms. The zero-order valence-electron chi connectivity index (χ0n) is 8.75. The summed E-state index contributed by atoms with van der Waals surface area (Å²) >= 11 is 38.5. The first-order chi connectivity index (χ1) is 8.84. The SMILES string of the molecule is Clc1cc(I)cnc1-c1c(Cl)c(Cl)c(Cl)c(Cl)c1Cl. The van der Waals surface area contributed by atoms with Crippen molar-refractivity contribution in [2.24, 2.45) is 0 Å². The zero-order valence-corrected chi connectivity index (χ0v) is 15.4. The number of hydrogen-bond acceptors (Lipinski definition) is 1. The molecular formula is C11H2Cl6IN. The molecule has 0 atom stereocenters. The van der Waals surface area contributed by atoms with Crippen molar-refractivity contribution >= 4 is 92.2 Å². The average Bonchev–Trinajstić information content (AvgIpc) is 2.37. The molecule has 0 saturated carbocycles. The maximum Gasteiger partial charge on any atom is 0.0920 e. The number of halogens is 7. The maximum absolute atomic E-state index is 6.16. The minimum atomic E-state index is 0.101. The Morgan fingerprint density at radius 2 is 1.26 bits per heavy atom. The van der Waals surface area contributed by atoms with Gasteiger partial charge in [-0.25, -0.2) is 0 Å². The summed E-state index contributed by atoms with van der Waals surface area (Å²) in [6.07, 6.45) is 1.63. The fourth-order valence-electron chi connectivity index (χ4n) is 1.41. The molecule has 0 radical (unpaired) electrons. The van der Waals surface area contributed by atoms with Gasteiger partial charge in [0.25, 0.3) is 0 Å². The summed E-state index contributed by atoms with van der Waals surface area (Å²) in [5.74, 6) is 0. The fraction of sp³-hybridized carbons (Fsp3) is 0. The van der Waals surface area contributed by atoms with Crippen LogP contribution in [0.15, 0.2) is 12.3 Å². The van der Waals surface area contributed by atoms with Gasteiger partial charge in [-0.1, -0.05) is 69.6 Å². The third kappa shape index (κ3) is 3.05.